The van der Waals surface area contributed by atoms with E-state index in [2.05, 4.69) is 17.2 Å². The first kappa shape index (κ1) is 38.6. The first-order valence-electron chi connectivity index (χ1n) is 16.6. The Morgan fingerprint density at radius 2 is 1.42 bits per heavy atom. The standard InChI is InChI=1S/C35H55N2O7P/c1-5-6-7-8-9-10-11-12-13-14-15-16-17-18-34(39)37-31(33(38)26-45(40,41)42)23-29-19-21-30(22-20-29)44-25-32-28(3)35(43-4)27(2)24-36-32/h19-22,24,31,40-42H,5-18,23,25-26H2,1-4H3/p+1. The van der Waals surface area contributed by atoms with Gasteiger partial charge in [-0.3, -0.25) is 14.6 Å². The van der Waals surface area contributed by atoms with Gasteiger partial charge in [-0.05, 0) is 44.4 Å². The summed E-state index contributed by atoms with van der Waals surface area (Å²) in [6.45, 7) is 6.37. The van der Waals surface area contributed by atoms with E-state index in [1.54, 1.807) is 37.6 Å². The molecular formula is C35H56N2O7P+. The highest BCUT2D eigenvalue weighted by Gasteiger charge is 2.37. The van der Waals surface area contributed by atoms with Crippen molar-refractivity contribution in [2.45, 2.75) is 130 Å². The second kappa shape index (κ2) is 21.3. The number of benzene rings is 1. The fourth-order valence-electron chi connectivity index (χ4n) is 5.46. The van der Waals surface area contributed by atoms with Crippen molar-refractivity contribution in [3.8, 4) is 11.5 Å². The molecule has 0 aliphatic carbocycles. The Labute approximate surface area is 270 Å². The number of unbranched alkanes of at least 4 members (excludes halogenated alkanes) is 12. The maximum Gasteiger partial charge on any atom is 0.411 e. The molecule has 0 aliphatic rings. The van der Waals surface area contributed by atoms with Gasteiger partial charge in [-0.25, -0.2) is 0 Å². The predicted octanol–water partition coefficient (Wildman–Crippen LogP) is 7.10. The number of carbonyl (C=O) groups is 2. The Hall–Kier alpha value is -2.58. The van der Waals surface area contributed by atoms with Gasteiger partial charge in [-0.2, -0.15) is 14.7 Å². The maximum atomic E-state index is 12.8. The molecule has 1 amide bonds. The van der Waals surface area contributed by atoms with Crippen molar-refractivity contribution in [3.63, 3.8) is 0 Å². The Morgan fingerprint density at radius 1 is 0.867 bits per heavy atom. The molecule has 252 valence electrons. The number of ether oxygens (including phenoxy) is 2. The van der Waals surface area contributed by atoms with Gasteiger partial charge in [-0.1, -0.05) is 96.1 Å². The second-order valence-corrected chi connectivity index (χ2v) is 13.8. The number of carbonyl (C=O) groups excluding carboxylic acids is 2. The summed E-state index contributed by atoms with van der Waals surface area (Å²) in [5.41, 5.74) is 3.39. The molecule has 0 radical (unpaired) electrons. The SMILES string of the molecule is CCCCCCCCCCCCCCCC(=O)NC(Cc1ccc(OCc2ncc(C)c(OC)c2C)cc1)C(=O)C[P+](O)(O)O. The largest absolute Gasteiger partial charge is 0.496 e. The number of aryl methyl sites for hydroxylation is 1. The van der Waals surface area contributed by atoms with Crippen molar-refractivity contribution in [3.05, 3.63) is 52.8 Å². The molecular weight excluding hydrogens is 591 g/mol. The number of Topliss-reactive ketones (excluding diaryl/α,β-unsaturated/α-hetero) is 1. The summed E-state index contributed by atoms with van der Waals surface area (Å²) < 4.78 is 11.4. The molecule has 0 aliphatic heterocycles. The van der Waals surface area contributed by atoms with Crippen LogP contribution in [0.2, 0.25) is 0 Å². The number of pyridine rings is 1. The minimum Gasteiger partial charge on any atom is -0.496 e. The van der Waals surface area contributed by atoms with Crippen LogP contribution < -0.4 is 14.8 Å². The molecule has 0 fully saturated rings. The topological polar surface area (TPSA) is 138 Å². The van der Waals surface area contributed by atoms with Crippen LogP contribution in [0.4, 0.5) is 0 Å². The molecule has 9 nitrogen and oxygen atoms in total. The Morgan fingerprint density at radius 3 is 1.96 bits per heavy atom. The molecule has 2 aromatic rings. The molecule has 1 aromatic heterocycles. The Balaban J connectivity index is 1.79. The molecule has 0 saturated carbocycles. The molecule has 0 bridgehead atoms. The summed E-state index contributed by atoms with van der Waals surface area (Å²) in [5.74, 6) is 0.515. The molecule has 1 aromatic carbocycles. The number of methoxy groups -OCH3 is 1. The van der Waals surface area contributed by atoms with Crippen LogP contribution in [-0.2, 0) is 22.6 Å². The normalized spacial score (nSPS) is 12.2. The summed E-state index contributed by atoms with van der Waals surface area (Å²) in [7, 11) is -2.69. The van der Waals surface area contributed by atoms with Gasteiger partial charge in [0.15, 0.2) is 6.16 Å². The third-order valence-corrected chi connectivity index (χ3v) is 8.82. The number of nitrogens with one attached hydrogen (secondary N) is 1. The minimum absolute atomic E-state index is 0.152. The predicted molar refractivity (Wildman–Crippen MR) is 180 cm³/mol. The third kappa shape index (κ3) is 16.0. The second-order valence-electron chi connectivity index (χ2n) is 12.1. The Kier molecular flexibility index (Phi) is 18.2. The van der Waals surface area contributed by atoms with E-state index in [9.17, 15) is 24.3 Å². The number of amides is 1. The fraction of sp³-hybridized carbons (Fsp3) is 0.629. The average Bonchev–Trinajstić information content (AvgIpc) is 2.99. The van der Waals surface area contributed by atoms with Crippen LogP contribution in [-0.4, -0.2) is 50.7 Å². The van der Waals surface area contributed by atoms with Crippen LogP contribution in [0.15, 0.2) is 30.5 Å². The van der Waals surface area contributed by atoms with Crippen LogP contribution in [0.1, 0.15) is 119 Å². The summed E-state index contributed by atoms with van der Waals surface area (Å²) in [6, 6.07) is 6.15. The van der Waals surface area contributed by atoms with Crippen molar-refractivity contribution in [2.24, 2.45) is 0 Å². The number of ketones is 1. The van der Waals surface area contributed by atoms with E-state index >= 15 is 0 Å². The van der Waals surface area contributed by atoms with Gasteiger partial charge in [0.05, 0.1) is 18.8 Å². The summed E-state index contributed by atoms with van der Waals surface area (Å²) in [6.07, 6.45) is 17.2. The highest BCUT2D eigenvalue weighted by atomic mass is 31.2. The van der Waals surface area contributed by atoms with E-state index < -0.39 is 25.9 Å². The molecule has 1 unspecified atom stereocenters. The zero-order chi connectivity index (χ0) is 33.1. The summed E-state index contributed by atoms with van der Waals surface area (Å²) in [5, 5.41) is 2.76. The van der Waals surface area contributed by atoms with Crippen molar-refractivity contribution >= 4 is 19.6 Å². The maximum absolute atomic E-state index is 12.8. The van der Waals surface area contributed by atoms with E-state index in [0.717, 1.165) is 47.4 Å². The van der Waals surface area contributed by atoms with Gasteiger partial charge in [0.2, 0.25) is 11.7 Å². The minimum atomic E-state index is -4.32. The van der Waals surface area contributed by atoms with Gasteiger partial charge in [0.1, 0.15) is 18.1 Å². The lowest BCUT2D eigenvalue weighted by Crippen LogP contribution is -2.43. The quantitative estimate of drug-likeness (QED) is 0.0699. The van der Waals surface area contributed by atoms with Crippen LogP contribution in [0.25, 0.3) is 0 Å². The van der Waals surface area contributed by atoms with E-state index in [1.807, 2.05) is 13.8 Å². The summed E-state index contributed by atoms with van der Waals surface area (Å²) in [4.78, 5) is 58.4. The van der Waals surface area contributed by atoms with Crippen molar-refractivity contribution < 1.29 is 33.7 Å². The van der Waals surface area contributed by atoms with E-state index in [0.29, 0.717) is 12.2 Å². The Bertz CT molecular complexity index is 1150. The monoisotopic (exact) mass is 647 g/mol. The zero-order valence-corrected chi connectivity index (χ0v) is 28.7. The molecule has 0 spiro atoms. The lowest BCUT2D eigenvalue weighted by Gasteiger charge is -2.18. The lowest BCUT2D eigenvalue weighted by atomic mass is 10.0. The van der Waals surface area contributed by atoms with Gasteiger partial charge in [0.25, 0.3) is 0 Å². The van der Waals surface area contributed by atoms with Crippen molar-refractivity contribution in [1.82, 2.24) is 10.3 Å². The molecule has 4 N–H and O–H groups in total. The highest BCUT2D eigenvalue weighted by molar-refractivity contribution is 7.59. The van der Waals surface area contributed by atoms with Gasteiger partial charge >= 0.3 is 7.94 Å². The van der Waals surface area contributed by atoms with E-state index in [1.165, 1.54) is 64.2 Å². The average molecular weight is 648 g/mol. The number of aromatic nitrogens is 1. The molecule has 10 heteroatoms. The first-order valence-corrected chi connectivity index (χ1v) is 18.5. The van der Waals surface area contributed by atoms with Crippen molar-refractivity contribution in [1.29, 1.82) is 0 Å². The van der Waals surface area contributed by atoms with Gasteiger partial charge in [-0.15, -0.1) is 0 Å². The van der Waals surface area contributed by atoms with Crippen LogP contribution in [0, 0.1) is 13.8 Å². The van der Waals surface area contributed by atoms with Gasteiger partial charge < -0.3 is 14.8 Å². The summed E-state index contributed by atoms with van der Waals surface area (Å²) >= 11 is 0. The highest BCUT2D eigenvalue weighted by Crippen LogP contribution is 2.44. The van der Waals surface area contributed by atoms with Crippen LogP contribution in [0.3, 0.4) is 0 Å². The van der Waals surface area contributed by atoms with Crippen LogP contribution in [0.5, 0.6) is 11.5 Å². The molecule has 45 heavy (non-hydrogen) atoms. The first-order chi connectivity index (χ1) is 21.5. The lowest BCUT2D eigenvalue weighted by molar-refractivity contribution is -0.126. The number of hydrogen-bond donors (Lipinski definition) is 4. The molecule has 1 atom stereocenters. The smallest absolute Gasteiger partial charge is 0.411 e. The molecule has 1 heterocycles. The number of rotatable bonds is 24. The number of nitrogens with zero attached hydrogens (tertiary/aromatic N) is 1. The zero-order valence-electron chi connectivity index (χ0n) is 27.9. The molecule has 2 rings (SSSR count). The third-order valence-electron chi connectivity index (χ3n) is 8.09. The van der Waals surface area contributed by atoms with Gasteiger partial charge in [0, 0.05) is 23.7 Å². The fourth-order valence-corrected chi connectivity index (χ4v) is 6.10. The molecule has 0 saturated heterocycles. The number of hydrogen-bond acceptors (Lipinski definition) is 8. The van der Waals surface area contributed by atoms with Crippen molar-refractivity contribution in [2.75, 3.05) is 13.3 Å². The van der Waals surface area contributed by atoms with E-state index in [-0.39, 0.29) is 18.9 Å². The van der Waals surface area contributed by atoms with Crippen LogP contribution >= 0.6 is 7.94 Å². The van der Waals surface area contributed by atoms with E-state index in [4.69, 9.17) is 9.47 Å².